The van der Waals surface area contributed by atoms with E-state index in [2.05, 4.69) is 20.5 Å². The summed E-state index contributed by atoms with van der Waals surface area (Å²) in [5.41, 5.74) is 0.717. The van der Waals surface area contributed by atoms with Crippen molar-refractivity contribution in [2.24, 2.45) is 0 Å². The summed E-state index contributed by atoms with van der Waals surface area (Å²) in [7, 11) is 0. The van der Waals surface area contributed by atoms with Crippen LogP contribution in [0.4, 0.5) is 5.69 Å². The molecule has 1 aromatic heterocycles. The second-order valence-corrected chi connectivity index (χ2v) is 9.63. The maximum absolute atomic E-state index is 12.8. The number of amides is 2. The largest absolute Gasteiger partial charge is 0.343 e. The van der Waals surface area contributed by atoms with Crippen LogP contribution in [-0.2, 0) is 9.59 Å². The molecule has 2 amide bonds. The van der Waals surface area contributed by atoms with Crippen molar-refractivity contribution >= 4 is 40.9 Å². The summed E-state index contributed by atoms with van der Waals surface area (Å²) >= 11 is 7.42. The van der Waals surface area contributed by atoms with Crippen molar-refractivity contribution in [2.75, 3.05) is 18.4 Å². The standard InChI is InChI=1S/C20H22ClN5O2S/c21-13-3-4-15-14(9-13)22-20(28)16(29-15)10-17(27)26-7-5-12(6-8-26)19-23-18(24-25-19)11-1-2-11/h3-4,9,11-12,16H,1-2,5-8,10H2,(H,22,28)(H,23,24,25). The van der Waals surface area contributed by atoms with Gasteiger partial charge in [0.2, 0.25) is 11.8 Å². The maximum Gasteiger partial charge on any atom is 0.238 e. The van der Waals surface area contributed by atoms with Crippen molar-refractivity contribution in [1.29, 1.82) is 0 Å². The van der Waals surface area contributed by atoms with Gasteiger partial charge in [0.05, 0.1) is 10.9 Å². The van der Waals surface area contributed by atoms with E-state index in [4.69, 9.17) is 11.6 Å². The Balaban J connectivity index is 1.16. The topological polar surface area (TPSA) is 91.0 Å². The zero-order valence-corrected chi connectivity index (χ0v) is 17.4. The highest BCUT2D eigenvalue weighted by atomic mass is 35.5. The van der Waals surface area contributed by atoms with E-state index in [1.807, 2.05) is 11.0 Å². The minimum Gasteiger partial charge on any atom is -0.343 e. The lowest BCUT2D eigenvalue weighted by atomic mass is 9.96. The second kappa shape index (κ2) is 7.65. The third-order valence-electron chi connectivity index (χ3n) is 5.82. The Labute approximate surface area is 178 Å². The first-order valence-electron chi connectivity index (χ1n) is 10.0. The zero-order valence-electron chi connectivity index (χ0n) is 15.9. The number of carbonyl (C=O) groups is 2. The molecule has 9 heteroatoms. The number of likely N-dealkylation sites (tertiary alicyclic amines) is 1. The average Bonchev–Trinajstić information content (AvgIpc) is 3.45. The number of aromatic amines is 1. The van der Waals surface area contributed by atoms with Crippen molar-refractivity contribution in [3.8, 4) is 0 Å². The third kappa shape index (κ3) is 4.00. The van der Waals surface area contributed by atoms with Gasteiger partial charge in [0.1, 0.15) is 5.82 Å². The summed E-state index contributed by atoms with van der Waals surface area (Å²) < 4.78 is 0. The van der Waals surface area contributed by atoms with Crippen molar-refractivity contribution < 1.29 is 9.59 Å². The van der Waals surface area contributed by atoms with Crippen molar-refractivity contribution in [3.63, 3.8) is 0 Å². The van der Waals surface area contributed by atoms with E-state index >= 15 is 0 Å². The molecule has 2 aliphatic heterocycles. The van der Waals surface area contributed by atoms with Gasteiger partial charge in [-0.1, -0.05) is 11.6 Å². The summed E-state index contributed by atoms with van der Waals surface area (Å²) in [5.74, 6) is 2.66. The van der Waals surface area contributed by atoms with Gasteiger partial charge in [-0.25, -0.2) is 4.98 Å². The van der Waals surface area contributed by atoms with Gasteiger partial charge in [-0.3, -0.25) is 14.7 Å². The van der Waals surface area contributed by atoms with Crippen LogP contribution in [-0.4, -0.2) is 50.2 Å². The third-order valence-corrected chi connectivity index (χ3v) is 7.33. The minimum absolute atomic E-state index is 0.0322. The van der Waals surface area contributed by atoms with Crippen molar-refractivity contribution in [3.05, 3.63) is 34.9 Å². The number of anilines is 1. The first-order valence-corrected chi connectivity index (χ1v) is 11.3. The van der Waals surface area contributed by atoms with E-state index in [0.717, 1.165) is 35.1 Å². The molecule has 0 spiro atoms. The number of rotatable bonds is 4. The highest BCUT2D eigenvalue weighted by Crippen LogP contribution is 2.40. The van der Waals surface area contributed by atoms with Gasteiger partial charge in [0.15, 0.2) is 5.82 Å². The molecule has 1 saturated carbocycles. The Morgan fingerprint density at radius 3 is 2.76 bits per heavy atom. The van der Waals surface area contributed by atoms with Crippen LogP contribution in [0.15, 0.2) is 23.1 Å². The lowest BCUT2D eigenvalue weighted by Gasteiger charge is -2.32. The summed E-state index contributed by atoms with van der Waals surface area (Å²) in [6, 6.07) is 5.42. The molecule has 1 atom stereocenters. The number of carbonyl (C=O) groups excluding carboxylic acids is 2. The maximum atomic E-state index is 12.8. The normalized spacial score (nSPS) is 22.3. The molecule has 1 saturated heterocycles. The van der Waals surface area contributed by atoms with Crippen LogP contribution in [0.5, 0.6) is 0 Å². The van der Waals surface area contributed by atoms with Gasteiger partial charge < -0.3 is 10.2 Å². The number of thioether (sulfide) groups is 1. The molecule has 2 aromatic rings. The van der Waals surface area contributed by atoms with Crippen molar-refractivity contribution in [1.82, 2.24) is 20.1 Å². The monoisotopic (exact) mass is 431 g/mol. The van der Waals surface area contributed by atoms with E-state index in [1.165, 1.54) is 24.6 Å². The van der Waals surface area contributed by atoms with Crippen LogP contribution in [0, 0.1) is 0 Å². The predicted molar refractivity (Wildman–Crippen MR) is 111 cm³/mol. The van der Waals surface area contributed by atoms with Gasteiger partial charge in [-0.15, -0.1) is 11.8 Å². The number of fused-ring (bicyclic) bond motifs is 1. The van der Waals surface area contributed by atoms with Gasteiger partial charge in [0, 0.05) is 41.3 Å². The van der Waals surface area contributed by atoms with Gasteiger partial charge >= 0.3 is 0 Å². The number of nitrogens with zero attached hydrogens (tertiary/aromatic N) is 3. The van der Waals surface area contributed by atoms with Crippen LogP contribution in [0.3, 0.4) is 0 Å². The number of benzene rings is 1. The Kier molecular flexibility index (Phi) is 4.99. The molecule has 1 aromatic carbocycles. The van der Waals surface area contributed by atoms with Crippen LogP contribution in [0.2, 0.25) is 5.02 Å². The smallest absolute Gasteiger partial charge is 0.238 e. The molecule has 1 aliphatic carbocycles. The van der Waals surface area contributed by atoms with E-state index in [1.54, 1.807) is 12.1 Å². The quantitative estimate of drug-likeness (QED) is 0.772. The fourth-order valence-corrected chi connectivity index (χ4v) is 5.20. The molecular weight excluding hydrogens is 410 g/mol. The lowest BCUT2D eigenvalue weighted by molar-refractivity contribution is -0.133. The zero-order chi connectivity index (χ0) is 20.0. The highest BCUT2D eigenvalue weighted by Gasteiger charge is 2.33. The number of piperidine rings is 1. The number of nitrogens with one attached hydrogen (secondary N) is 2. The molecule has 3 heterocycles. The van der Waals surface area contributed by atoms with Crippen LogP contribution in [0.25, 0.3) is 0 Å². The van der Waals surface area contributed by atoms with E-state index in [9.17, 15) is 9.59 Å². The van der Waals surface area contributed by atoms with E-state index in [0.29, 0.717) is 29.9 Å². The molecule has 1 unspecified atom stereocenters. The Morgan fingerprint density at radius 1 is 1.21 bits per heavy atom. The van der Waals surface area contributed by atoms with E-state index in [-0.39, 0.29) is 18.2 Å². The number of halogens is 1. The Morgan fingerprint density at radius 2 is 2.00 bits per heavy atom. The van der Waals surface area contributed by atoms with Gasteiger partial charge in [0.25, 0.3) is 0 Å². The number of hydrogen-bond donors (Lipinski definition) is 2. The van der Waals surface area contributed by atoms with E-state index < -0.39 is 5.25 Å². The molecule has 152 valence electrons. The Bertz CT molecular complexity index is 952. The highest BCUT2D eigenvalue weighted by molar-refractivity contribution is 8.01. The summed E-state index contributed by atoms with van der Waals surface area (Å²) in [5, 5.41) is 10.5. The average molecular weight is 432 g/mol. The number of hydrogen-bond acceptors (Lipinski definition) is 5. The molecule has 0 radical (unpaired) electrons. The van der Waals surface area contributed by atoms with Gasteiger partial charge in [-0.05, 0) is 43.9 Å². The molecule has 29 heavy (non-hydrogen) atoms. The summed E-state index contributed by atoms with van der Waals surface area (Å²) in [6.45, 7) is 1.38. The summed E-state index contributed by atoms with van der Waals surface area (Å²) in [4.78, 5) is 32.7. The fourth-order valence-electron chi connectivity index (χ4n) is 3.94. The fraction of sp³-hybridized carbons (Fsp3) is 0.500. The lowest BCUT2D eigenvalue weighted by Crippen LogP contribution is -2.41. The number of aromatic nitrogens is 3. The minimum atomic E-state index is -0.413. The van der Waals surface area contributed by atoms with Gasteiger partial charge in [-0.2, -0.15) is 5.10 Å². The second-order valence-electron chi connectivity index (χ2n) is 7.95. The first-order chi connectivity index (χ1) is 14.1. The summed E-state index contributed by atoms with van der Waals surface area (Å²) in [6.07, 6.45) is 4.33. The van der Waals surface area contributed by atoms with Crippen LogP contribution < -0.4 is 5.32 Å². The molecule has 3 aliphatic rings. The van der Waals surface area contributed by atoms with Crippen LogP contribution >= 0.6 is 23.4 Å². The Hall–Kier alpha value is -2.06. The molecule has 0 bridgehead atoms. The predicted octanol–water partition coefficient (Wildman–Crippen LogP) is 3.54. The first kappa shape index (κ1) is 18.9. The van der Waals surface area contributed by atoms with Crippen molar-refractivity contribution in [2.45, 2.75) is 54.1 Å². The molecule has 7 nitrogen and oxygen atoms in total. The SMILES string of the molecule is O=C1Nc2cc(Cl)ccc2SC1CC(=O)N1CCC(c2nc(C3CC3)n[nH]2)CC1. The van der Waals surface area contributed by atoms with Crippen LogP contribution in [0.1, 0.15) is 55.6 Å². The molecule has 5 rings (SSSR count). The molecular formula is C20H22ClN5O2S. The number of H-pyrrole nitrogens is 1. The molecule has 2 fully saturated rings. The molecule has 2 N–H and O–H groups in total.